The Kier molecular flexibility index (Phi) is 7.59. The molecule has 3 unspecified atom stereocenters. The second kappa shape index (κ2) is 9.91. The van der Waals surface area contributed by atoms with Crippen molar-refractivity contribution in [2.45, 2.75) is 57.3 Å². The van der Waals surface area contributed by atoms with Crippen molar-refractivity contribution < 1.29 is 19.5 Å². The molecule has 1 fully saturated rings. The van der Waals surface area contributed by atoms with Gasteiger partial charge in [-0.2, -0.15) is 0 Å². The Morgan fingerprint density at radius 1 is 1.35 bits per heavy atom. The zero-order chi connectivity index (χ0) is 18.9. The van der Waals surface area contributed by atoms with Gasteiger partial charge in [-0.3, -0.25) is 14.9 Å². The zero-order valence-corrected chi connectivity index (χ0v) is 15.1. The highest BCUT2D eigenvalue weighted by atomic mass is 16.4. The molecule has 7 heteroatoms. The van der Waals surface area contributed by atoms with Gasteiger partial charge in [0.05, 0.1) is 12.2 Å². The molecule has 3 N–H and O–H groups in total. The number of aliphatic carboxylic acids is 1. The molecule has 0 radical (unpaired) electrons. The fraction of sp³-hybridized carbons (Fsp3) is 0.526. The van der Waals surface area contributed by atoms with Crippen LogP contribution in [0.1, 0.15) is 38.2 Å². The van der Waals surface area contributed by atoms with E-state index >= 15 is 0 Å². The van der Waals surface area contributed by atoms with E-state index in [0.29, 0.717) is 25.8 Å². The van der Waals surface area contributed by atoms with E-state index in [1.165, 1.54) is 11.8 Å². The van der Waals surface area contributed by atoms with Gasteiger partial charge in [-0.15, -0.1) is 0 Å². The summed E-state index contributed by atoms with van der Waals surface area (Å²) < 4.78 is 0. The number of hydrogen-bond acceptors (Lipinski definition) is 4. The van der Waals surface area contributed by atoms with Crippen LogP contribution in [0.2, 0.25) is 0 Å². The summed E-state index contributed by atoms with van der Waals surface area (Å²) in [5.41, 5.74) is 1.15. The third kappa shape index (κ3) is 5.56. The number of nitrogens with one attached hydrogen (secondary N) is 2. The van der Waals surface area contributed by atoms with E-state index in [9.17, 15) is 19.5 Å². The standard InChI is InChI=1S/C19H27N3O4/c1-14(19(25)26)22-12-6-5-9-16(18(22)24)21-17(20-13-23)11-10-15-7-3-2-4-8-15/h2-4,7-8,13-14,16-17,21H,5-6,9-12H2,1H3,(H,20,23)(H,25,26). The van der Waals surface area contributed by atoms with E-state index in [-0.39, 0.29) is 12.1 Å². The van der Waals surface area contributed by atoms with Gasteiger partial charge in [-0.05, 0) is 44.6 Å². The third-order valence-electron chi connectivity index (χ3n) is 4.78. The molecular weight excluding hydrogens is 334 g/mol. The fourth-order valence-corrected chi connectivity index (χ4v) is 3.23. The predicted molar refractivity (Wildman–Crippen MR) is 97.3 cm³/mol. The molecular formula is C19H27N3O4. The highest BCUT2D eigenvalue weighted by molar-refractivity contribution is 5.87. The van der Waals surface area contributed by atoms with Gasteiger partial charge in [0, 0.05) is 6.54 Å². The lowest BCUT2D eigenvalue weighted by atomic mass is 10.1. The summed E-state index contributed by atoms with van der Waals surface area (Å²) in [5.74, 6) is -1.22. The lowest BCUT2D eigenvalue weighted by Crippen LogP contribution is -2.55. The minimum absolute atomic E-state index is 0.213. The van der Waals surface area contributed by atoms with Crippen molar-refractivity contribution >= 4 is 18.3 Å². The van der Waals surface area contributed by atoms with E-state index in [1.54, 1.807) is 0 Å². The molecule has 0 aliphatic carbocycles. The molecule has 1 aromatic rings. The van der Waals surface area contributed by atoms with Crippen molar-refractivity contribution in [3.05, 3.63) is 35.9 Å². The molecule has 1 saturated heterocycles. The third-order valence-corrected chi connectivity index (χ3v) is 4.78. The number of carboxylic acid groups (broad SMARTS) is 1. The Hall–Kier alpha value is -2.41. The number of hydrogen-bond donors (Lipinski definition) is 3. The lowest BCUT2D eigenvalue weighted by Gasteiger charge is -2.30. The Bertz CT molecular complexity index is 608. The summed E-state index contributed by atoms with van der Waals surface area (Å²) in [6.07, 6.45) is 3.92. The van der Waals surface area contributed by atoms with E-state index < -0.39 is 18.1 Å². The summed E-state index contributed by atoms with van der Waals surface area (Å²) in [5, 5.41) is 15.2. The highest BCUT2D eigenvalue weighted by Crippen LogP contribution is 2.16. The normalized spacial score (nSPS) is 20.1. The number of carbonyl (C=O) groups is 3. The summed E-state index contributed by atoms with van der Waals surface area (Å²) in [4.78, 5) is 36.4. The van der Waals surface area contributed by atoms with Gasteiger partial charge in [-0.1, -0.05) is 30.3 Å². The average Bonchev–Trinajstić information content (AvgIpc) is 2.82. The maximum Gasteiger partial charge on any atom is 0.326 e. The number of likely N-dealkylation sites (tertiary alicyclic amines) is 1. The van der Waals surface area contributed by atoms with Crippen LogP contribution in [0.25, 0.3) is 0 Å². The van der Waals surface area contributed by atoms with Gasteiger partial charge in [0.15, 0.2) is 0 Å². The largest absolute Gasteiger partial charge is 0.480 e. The van der Waals surface area contributed by atoms with Crippen molar-refractivity contribution in [1.82, 2.24) is 15.5 Å². The Morgan fingerprint density at radius 3 is 2.73 bits per heavy atom. The van der Waals surface area contributed by atoms with E-state index in [1.807, 2.05) is 30.3 Å². The molecule has 7 nitrogen and oxygen atoms in total. The van der Waals surface area contributed by atoms with Gasteiger partial charge in [0.2, 0.25) is 12.3 Å². The number of aryl methyl sites for hydroxylation is 1. The first-order chi connectivity index (χ1) is 12.5. The topological polar surface area (TPSA) is 98.7 Å². The van der Waals surface area contributed by atoms with Crippen LogP contribution >= 0.6 is 0 Å². The smallest absolute Gasteiger partial charge is 0.326 e. The first kappa shape index (κ1) is 19.9. The average molecular weight is 361 g/mol. The SMILES string of the molecule is CC(C(=O)O)N1CCCCC(NC(CCc2ccccc2)NC=O)C1=O. The van der Waals surface area contributed by atoms with Gasteiger partial charge in [0.25, 0.3) is 0 Å². The molecule has 0 bridgehead atoms. The summed E-state index contributed by atoms with van der Waals surface area (Å²) in [7, 11) is 0. The van der Waals surface area contributed by atoms with Crippen LogP contribution in [0.4, 0.5) is 0 Å². The number of rotatable bonds is 9. The number of carboxylic acids is 1. The van der Waals surface area contributed by atoms with Crippen LogP contribution in [0.5, 0.6) is 0 Å². The molecule has 3 atom stereocenters. The van der Waals surface area contributed by atoms with Crippen LogP contribution in [0, 0.1) is 0 Å². The van der Waals surface area contributed by atoms with Gasteiger partial charge >= 0.3 is 5.97 Å². The quantitative estimate of drug-likeness (QED) is 0.452. The van der Waals surface area contributed by atoms with Crippen molar-refractivity contribution in [3.8, 4) is 0 Å². The minimum Gasteiger partial charge on any atom is -0.480 e. The van der Waals surface area contributed by atoms with Gasteiger partial charge in [0.1, 0.15) is 6.04 Å². The van der Waals surface area contributed by atoms with Crippen LogP contribution in [0.15, 0.2) is 30.3 Å². The maximum absolute atomic E-state index is 12.8. The molecule has 142 valence electrons. The molecule has 1 aromatic carbocycles. The number of nitrogens with zero attached hydrogens (tertiary/aromatic N) is 1. The van der Waals surface area contributed by atoms with Crippen LogP contribution in [-0.4, -0.2) is 53.1 Å². The Labute approximate surface area is 153 Å². The van der Waals surface area contributed by atoms with Crippen molar-refractivity contribution in [1.29, 1.82) is 0 Å². The zero-order valence-electron chi connectivity index (χ0n) is 15.1. The molecule has 1 heterocycles. The van der Waals surface area contributed by atoms with Crippen molar-refractivity contribution in [2.75, 3.05) is 6.54 Å². The number of benzene rings is 1. The second-order valence-electron chi connectivity index (χ2n) is 6.62. The molecule has 1 aliphatic heterocycles. The Morgan fingerprint density at radius 2 is 2.08 bits per heavy atom. The maximum atomic E-state index is 12.8. The first-order valence-corrected chi connectivity index (χ1v) is 9.06. The fourth-order valence-electron chi connectivity index (χ4n) is 3.23. The van der Waals surface area contributed by atoms with Crippen LogP contribution in [0.3, 0.4) is 0 Å². The lowest BCUT2D eigenvalue weighted by molar-refractivity contribution is -0.150. The molecule has 1 aliphatic rings. The molecule has 26 heavy (non-hydrogen) atoms. The second-order valence-corrected chi connectivity index (χ2v) is 6.62. The summed E-state index contributed by atoms with van der Waals surface area (Å²) in [6, 6.07) is 8.57. The molecule has 2 amide bonds. The summed E-state index contributed by atoms with van der Waals surface area (Å²) >= 11 is 0. The molecule has 0 aromatic heterocycles. The Balaban J connectivity index is 2.01. The van der Waals surface area contributed by atoms with Crippen molar-refractivity contribution in [2.24, 2.45) is 0 Å². The molecule has 0 saturated carbocycles. The van der Waals surface area contributed by atoms with Crippen LogP contribution in [-0.2, 0) is 20.8 Å². The highest BCUT2D eigenvalue weighted by Gasteiger charge is 2.33. The van der Waals surface area contributed by atoms with E-state index in [2.05, 4.69) is 10.6 Å². The van der Waals surface area contributed by atoms with E-state index in [0.717, 1.165) is 24.8 Å². The van der Waals surface area contributed by atoms with E-state index in [4.69, 9.17) is 0 Å². The summed E-state index contributed by atoms with van der Waals surface area (Å²) in [6.45, 7) is 1.97. The van der Waals surface area contributed by atoms with Gasteiger partial charge < -0.3 is 15.3 Å². The number of carbonyl (C=O) groups excluding carboxylic acids is 2. The predicted octanol–water partition coefficient (Wildman–Crippen LogP) is 1.14. The van der Waals surface area contributed by atoms with Crippen molar-refractivity contribution in [3.63, 3.8) is 0 Å². The number of amides is 2. The monoisotopic (exact) mass is 361 g/mol. The molecule has 2 rings (SSSR count). The minimum atomic E-state index is -1.01. The van der Waals surface area contributed by atoms with Crippen LogP contribution < -0.4 is 10.6 Å². The first-order valence-electron chi connectivity index (χ1n) is 9.06. The van der Waals surface area contributed by atoms with Gasteiger partial charge in [-0.25, -0.2) is 4.79 Å². The molecule has 0 spiro atoms.